The van der Waals surface area contributed by atoms with Crippen LogP contribution in [0.2, 0.25) is 0 Å². The number of methoxy groups -OCH3 is 1. The van der Waals surface area contributed by atoms with Crippen LogP contribution in [0.1, 0.15) is 5.56 Å². The molecule has 0 fully saturated rings. The van der Waals surface area contributed by atoms with E-state index in [2.05, 4.69) is 10.3 Å². The minimum Gasteiger partial charge on any atom is -0.467 e. The number of hydrogen-bond acceptors (Lipinski definition) is 3. The summed E-state index contributed by atoms with van der Waals surface area (Å²) in [6.45, 7) is 0. The number of benzene rings is 1. The number of nitrogens with one attached hydrogen (secondary N) is 2. The van der Waals surface area contributed by atoms with Crippen LogP contribution in [0.15, 0.2) is 30.5 Å². The first-order chi connectivity index (χ1) is 10.0. The predicted molar refractivity (Wildman–Crippen MR) is 81.4 cm³/mol. The lowest BCUT2D eigenvalue weighted by Crippen LogP contribution is -2.45. The highest BCUT2D eigenvalue weighted by atomic mass is 35.5. The number of rotatable bonds is 5. The van der Waals surface area contributed by atoms with Crippen molar-refractivity contribution in [3.8, 4) is 0 Å². The Hall–Kier alpha value is -1.72. The van der Waals surface area contributed by atoms with Crippen molar-refractivity contribution in [1.29, 1.82) is 0 Å². The van der Waals surface area contributed by atoms with Gasteiger partial charge in [-0.2, -0.15) is 0 Å². The molecule has 0 saturated carbocycles. The Balaban J connectivity index is 2.22. The molecular weight excluding hydrogens is 315 g/mol. The molecule has 1 aromatic heterocycles. The van der Waals surface area contributed by atoms with E-state index in [1.807, 2.05) is 24.3 Å². The number of amides is 1. The van der Waals surface area contributed by atoms with Gasteiger partial charge in [-0.05, 0) is 11.6 Å². The summed E-state index contributed by atoms with van der Waals surface area (Å²) in [6, 6.07) is 6.83. The fourth-order valence-electron chi connectivity index (χ4n) is 2.09. The fraction of sp³-hybridized carbons (Fsp3) is 0.286. The Morgan fingerprint density at radius 1 is 1.33 bits per heavy atom. The maximum atomic E-state index is 11.8. The third-order valence-electron chi connectivity index (χ3n) is 3.10. The van der Waals surface area contributed by atoms with Crippen LogP contribution in [0.5, 0.6) is 0 Å². The van der Waals surface area contributed by atoms with Gasteiger partial charge in [0, 0.05) is 23.5 Å². The second-order valence-electron chi connectivity index (χ2n) is 4.45. The van der Waals surface area contributed by atoms with Gasteiger partial charge < -0.3 is 15.0 Å². The molecule has 7 heteroatoms. The van der Waals surface area contributed by atoms with Gasteiger partial charge in [0.05, 0.1) is 7.11 Å². The van der Waals surface area contributed by atoms with Crippen LogP contribution in [-0.4, -0.2) is 34.8 Å². The van der Waals surface area contributed by atoms with Crippen molar-refractivity contribution in [2.75, 3.05) is 7.11 Å². The van der Waals surface area contributed by atoms with Crippen LogP contribution < -0.4 is 5.32 Å². The summed E-state index contributed by atoms with van der Waals surface area (Å²) >= 11 is 11.0. The Kier molecular flexibility index (Phi) is 5.09. The van der Waals surface area contributed by atoms with Crippen LogP contribution in [-0.2, 0) is 20.7 Å². The highest BCUT2D eigenvalue weighted by molar-refractivity contribution is 6.53. The van der Waals surface area contributed by atoms with E-state index >= 15 is 0 Å². The number of alkyl halides is 2. The second-order valence-corrected chi connectivity index (χ2v) is 5.54. The Bertz CT molecular complexity index is 654. The average molecular weight is 329 g/mol. The molecule has 2 aromatic rings. The van der Waals surface area contributed by atoms with Gasteiger partial charge in [0.25, 0.3) is 5.91 Å². The van der Waals surface area contributed by atoms with E-state index in [9.17, 15) is 9.59 Å². The molecule has 1 aromatic carbocycles. The maximum absolute atomic E-state index is 11.8. The van der Waals surface area contributed by atoms with Gasteiger partial charge in [-0.1, -0.05) is 41.4 Å². The largest absolute Gasteiger partial charge is 0.467 e. The monoisotopic (exact) mass is 328 g/mol. The Labute approximate surface area is 131 Å². The smallest absolute Gasteiger partial charge is 0.328 e. The number of para-hydroxylation sites is 1. The molecule has 0 radical (unpaired) electrons. The summed E-state index contributed by atoms with van der Waals surface area (Å²) in [5.74, 6) is -1.18. The molecule has 0 spiro atoms. The first kappa shape index (κ1) is 15.7. The van der Waals surface area contributed by atoms with E-state index in [0.717, 1.165) is 16.5 Å². The third kappa shape index (κ3) is 3.68. The molecule has 0 unspecified atom stereocenters. The van der Waals surface area contributed by atoms with Gasteiger partial charge in [-0.3, -0.25) is 4.79 Å². The second kappa shape index (κ2) is 6.83. The number of H-pyrrole nitrogens is 1. The van der Waals surface area contributed by atoms with Crippen molar-refractivity contribution in [2.24, 2.45) is 0 Å². The van der Waals surface area contributed by atoms with Gasteiger partial charge in [0.15, 0.2) is 4.84 Å². The number of hydrogen-bond donors (Lipinski definition) is 2. The van der Waals surface area contributed by atoms with Crippen LogP contribution in [0.25, 0.3) is 10.9 Å². The first-order valence-corrected chi connectivity index (χ1v) is 7.11. The molecule has 0 bridgehead atoms. The summed E-state index contributed by atoms with van der Waals surface area (Å²) in [6.07, 6.45) is 2.08. The van der Waals surface area contributed by atoms with E-state index in [0.29, 0.717) is 0 Å². The quantitative estimate of drug-likeness (QED) is 0.652. The number of aromatic nitrogens is 1. The molecule has 112 valence electrons. The summed E-state index contributed by atoms with van der Waals surface area (Å²) in [7, 11) is 1.26. The third-order valence-corrected chi connectivity index (χ3v) is 3.50. The average Bonchev–Trinajstić information content (AvgIpc) is 2.89. The minimum absolute atomic E-state index is 0.281. The van der Waals surface area contributed by atoms with Crippen LogP contribution in [0, 0.1) is 0 Å². The molecule has 0 aliphatic carbocycles. The van der Waals surface area contributed by atoms with Crippen molar-refractivity contribution in [1.82, 2.24) is 10.3 Å². The topological polar surface area (TPSA) is 71.2 Å². The number of aromatic amines is 1. The Morgan fingerprint density at radius 3 is 2.71 bits per heavy atom. The number of carbonyl (C=O) groups is 2. The number of carbonyl (C=O) groups excluding carboxylic acids is 2. The van der Waals surface area contributed by atoms with Crippen molar-refractivity contribution in [3.05, 3.63) is 36.0 Å². The lowest BCUT2D eigenvalue weighted by Gasteiger charge is -2.16. The summed E-state index contributed by atoms with van der Waals surface area (Å²) in [5.41, 5.74) is 1.84. The van der Waals surface area contributed by atoms with E-state index in [1.54, 1.807) is 6.20 Å². The number of fused-ring (bicyclic) bond motifs is 1. The highest BCUT2D eigenvalue weighted by Gasteiger charge is 2.25. The SMILES string of the molecule is COC(=O)[C@H](Cc1c[nH]c2ccccc12)NC(=O)C(Cl)Cl. The number of esters is 1. The summed E-state index contributed by atoms with van der Waals surface area (Å²) in [5, 5.41) is 3.46. The zero-order valence-electron chi connectivity index (χ0n) is 11.2. The molecule has 2 rings (SSSR count). The molecule has 1 amide bonds. The minimum atomic E-state index is -1.24. The van der Waals surface area contributed by atoms with E-state index in [1.165, 1.54) is 7.11 Å². The van der Waals surface area contributed by atoms with Crippen LogP contribution in [0.4, 0.5) is 0 Å². The van der Waals surface area contributed by atoms with Crippen molar-refractivity contribution in [3.63, 3.8) is 0 Å². The van der Waals surface area contributed by atoms with Crippen molar-refractivity contribution >= 4 is 46.0 Å². The van der Waals surface area contributed by atoms with Gasteiger partial charge in [0.1, 0.15) is 6.04 Å². The van der Waals surface area contributed by atoms with Gasteiger partial charge in [-0.25, -0.2) is 4.79 Å². The molecule has 0 saturated heterocycles. The highest BCUT2D eigenvalue weighted by Crippen LogP contribution is 2.19. The van der Waals surface area contributed by atoms with Gasteiger partial charge in [-0.15, -0.1) is 0 Å². The zero-order valence-corrected chi connectivity index (χ0v) is 12.7. The molecule has 0 aliphatic rings. The first-order valence-electron chi connectivity index (χ1n) is 6.24. The number of ether oxygens (including phenoxy) is 1. The van der Waals surface area contributed by atoms with E-state index in [4.69, 9.17) is 27.9 Å². The van der Waals surface area contributed by atoms with E-state index in [-0.39, 0.29) is 6.42 Å². The van der Waals surface area contributed by atoms with E-state index < -0.39 is 22.8 Å². The lowest BCUT2D eigenvalue weighted by atomic mass is 10.0. The zero-order chi connectivity index (χ0) is 15.4. The summed E-state index contributed by atoms with van der Waals surface area (Å²) < 4.78 is 4.70. The van der Waals surface area contributed by atoms with Gasteiger partial charge in [0.2, 0.25) is 0 Å². The molecule has 5 nitrogen and oxygen atoms in total. The summed E-state index contributed by atoms with van der Waals surface area (Å²) in [4.78, 5) is 25.2. The molecule has 1 heterocycles. The fourth-order valence-corrected chi connectivity index (χ4v) is 2.22. The predicted octanol–water partition coefficient (Wildman–Crippen LogP) is 2.17. The molecule has 2 N–H and O–H groups in total. The van der Waals surface area contributed by atoms with Crippen LogP contribution in [0.3, 0.4) is 0 Å². The normalized spacial score (nSPS) is 12.4. The van der Waals surface area contributed by atoms with Crippen molar-refractivity contribution < 1.29 is 14.3 Å². The van der Waals surface area contributed by atoms with Crippen LogP contribution >= 0.6 is 23.2 Å². The molecule has 1 atom stereocenters. The molecule has 0 aliphatic heterocycles. The maximum Gasteiger partial charge on any atom is 0.328 e. The van der Waals surface area contributed by atoms with Crippen molar-refractivity contribution in [2.45, 2.75) is 17.3 Å². The lowest BCUT2D eigenvalue weighted by molar-refractivity contribution is -0.144. The molecule has 21 heavy (non-hydrogen) atoms. The van der Waals surface area contributed by atoms with Gasteiger partial charge >= 0.3 is 5.97 Å². The Morgan fingerprint density at radius 2 is 2.05 bits per heavy atom. The number of halogens is 2. The standard InChI is InChI=1S/C14H14Cl2N2O3/c1-21-14(20)11(18-13(19)12(15)16)6-8-7-17-10-5-3-2-4-9(8)10/h2-5,7,11-12,17H,6H2,1H3,(H,18,19)/t11-/m0/s1. The molecular formula is C14H14Cl2N2O3.